The lowest BCUT2D eigenvalue weighted by Gasteiger charge is -2.08. The van der Waals surface area contributed by atoms with E-state index in [-0.39, 0.29) is 17.6 Å². The van der Waals surface area contributed by atoms with Gasteiger partial charge in [0.15, 0.2) is 5.69 Å². The van der Waals surface area contributed by atoms with E-state index in [0.717, 1.165) is 18.6 Å². The third-order valence-corrected chi connectivity index (χ3v) is 4.17. The summed E-state index contributed by atoms with van der Waals surface area (Å²) in [5, 5.41) is 12.1. The summed E-state index contributed by atoms with van der Waals surface area (Å²) in [7, 11) is 0. The monoisotopic (exact) mass is 362 g/mol. The van der Waals surface area contributed by atoms with Crippen molar-refractivity contribution in [1.29, 1.82) is 0 Å². The van der Waals surface area contributed by atoms with Crippen molar-refractivity contribution >= 4 is 29.0 Å². The number of benzene rings is 2. The summed E-state index contributed by atoms with van der Waals surface area (Å²) in [5.74, 6) is 0.851. The molecule has 3 amide bonds. The molecule has 3 N–H and O–H groups in total. The van der Waals surface area contributed by atoms with Crippen LogP contribution in [0.15, 0.2) is 65.2 Å². The Kier molecular flexibility index (Phi) is 4.57. The predicted octanol–water partition coefficient (Wildman–Crippen LogP) is 4.45. The van der Waals surface area contributed by atoms with Crippen LogP contribution in [0.3, 0.4) is 0 Å². The molecule has 1 aromatic heterocycles. The number of nitrogens with one attached hydrogen (secondary N) is 3. The number of urea groups is 1. The Balaban J connectivity index is 1.32. The molecule has 1 fully saturated rings. The molecule has 0 radical (unpaired) electrons. The van der Waals surface area contributed by atoms with Crippen molar-refractivity contribution in [1.82, 2.24) is 5.16 Å². The summed E-state index contributed by atoms with van der Waals surface area (Å²) < 4.78 is 5.19. The lowest BCUT2D eigenvalue weighted by molar-refractivity contribution is 0.101. The summed E-state index contributed by atoms with van der Waals surface area (Å²) in [6.45, 7) is 0. The minimum absolute atomic E-state index is 0.265. The molecule has 0 saturated heterocycles. The largest absolute Gasteiger partial charge is 0.360 e. The van der Waals surface area contributed by atoms with E-state index in [1.54, 1.807) is 42.5 Å². The Morgan fingerprint density at radius 1 is 0.852 bits per heavy atom. The topological polar surface area (TPSA) is 96.3 Å². The second-order valence-corrected chi connectivity index (χ2v) is 6.37. The van der Waals surface area contributed by atoms with Gasteiger partial charge < -0.3 is 20.5 Å². The highest BCUT2D eigenvalue weighted by molar-refractivity contribution is 6.03. The second kappa shape index (κ2) is 7.33. The van der Waals surface area contributed by atoms with Crippen LogP contribution < -0.4 is 16.0 Å². The molecule has 27 heavy (non-hydrogen) atoms. The number of hydrogen-bond donors (Lipinski definition) is 3. The molecule has 0 atom stereocenters. The number of rotatable bonds is 5. The first-order valence-corrected chi connectivity index (χ1v) is 8.68. The lowest BCUT2D eigenvalue weighted by Crippen LogP contribution is -2.19. The fourth-order valence-electron chi connectivity index (χ4n) is 2.60. The number of carbonyl (C=O) groups excluding carboxylic acids is 2. The van der Waals surface area contributed by atoms with Crippen molar-refractivity contribution in [3.05, 3.63) is 72.1 Å². The summed E-state index contributed by atoms with van der Waals surface area (Å²) in [5.41, 5.74) is 2.18. The van der Waals surface area contributed by atoms with Gasteiger partial charge in [-0.25, -0.2) is 4.79 Å². The minimum atomic E-state index is -0.340. The third kappa shape index (κ3) is 4.33. The Morgan fingerprint density at radius 3 is 2.07 bits per heavy atom. The molecule has 136 valence electrons. The van der Waals surface area contributed by atoms with E-state index in [1.807, 2.05) is 18.2 Å². The molecule has 1 aliphatic carbocycles. The van der Waals surface area contributed by atoms with Gasteiger partial charge in [0.05, 0.1) is 0 Å². The van der Waals surface area contributed by atoms with Crippen LogP contribution in [0.4, 0.5) is 21.9 Å². The molecule has 0 spiro atoms. The maximum absolute atomic E-state index is 12.2. The van der Waals surface area contributed by atoms with E-state index in [9.17, 15) is 9.59 Å². The van der Waals surface area contributed by atoms with Crippen molar-refractivity contribution in [3.63, 3.8) is 0 Å². The van der Waals surface area contributed by atoms with Crippen molar-refractivity contribution in [2.75, 3.05) is 16.0 Å². The van der Waals surface area contributed by atoms with Gasteiger partial charge in [0.1, 0.15) is 5.76 Å². The van der Waals surface area contributed by atoms with E-state index in [0.29, 0.717) is 23.0 Å². The summed E-state index contributed by atoms with van der Waals surface area (Å²) in [6.07, 6.45) is 2.17. The molecule has 2 aromatic carbocycles. The van der Waals surface area contributed by atoms with Crippen molar-refractivity contribution < 1.29 is 14.1 Å². The van der Waals surface area contributed by atoms with Crippen LogP contribution >= 0.6 is 0 Å². The number of amides is 3. The highest BCUT2D eigenvalue weighted by atomic mass is 16.5. The van der Waals surface area contributed by atoms with Gasteiger partial charge >= 0.3 is 6.03 Å². The Morgan fingerprint density at radius 2 is 1.44 bits per heavy atom. The molecule has 1 saturated carbocycles. The van der Waals surface area contributed by atoms with Crippen LogP contribution in [0.2, 0.25) is 0 Å². The zero-order valence-electron chi connectivity index (χ0n) is 14.4. The molecule has 7 heteroatoms. The first-order valence-electron chi connectivity index (χ1n) is 8.68. The van der Waals surface area contributed by atoms with E-state index in [2.05, 4.69) is 21.1 Å². The number of hydrogen-bond acceptors (Lipinski definition) is 4. The molecule has 3 aromatic rings. The summed E-state index contributed by atoms with van der Waals surface area (Å²) in [4.78, 5) is 24.2. The highest BCUT2D eigenvalue weighted by Crippen LogP contribution is 2.40. The molecule has 4 rings (SSSR count). The normalized spacial score (nSPS) is 13.0. The van der Waals surface area contributed by atoms with Gasteiger partial charge in [-0.05, 0) is 49.2 Å². The molecule has 0 unspecified atom stereocenters. The van der Waals surface area contributed by atoms with Gasteiger partial charge in [-0.2, -0.15) is 0 Å². The number of carbonyl (C=O) groups is 2. The molecule has 1 aliphatic rings. The van der Waals surface area contributed by atoms with Crippen molar-refractivity contribution in [3.8, 4) is 0 Å². The number of nitrogens with zero attached hydrogens (tertiary/aromatic N) is 1. The Labute approximate surface area is 155 Å². The SMILES string of the molecule is O=C(Nc1ccccc1)Nc1ccc(NC(=O)c2cc(C3CC3)on2)cc1. The summed E-state index contributed by atoms with van der Waals surface area (Å²) >= 11 is 0. The van der Waals surface area contributed by atoms with Gasteiger partial charge in [0.2, 0.25) is 0 Å². The van der Waals surface area contributed by atoms with Crippen molar-refractivity contribution in [2.24, 2.45) is 0 Å². The van der Waals surface area contributed by atoms with E-state index < -0.39 is 0 Å². The quantitative estimate of drug-likeness (QED) is 0.625. The molecule has 0 bridgehead atoms. The fourth-order valence-corrected chi connectivity index (χ4v) is 2.60. The average molecular weight is 362 g/mol. The Hall–Kier alpha value is -3.61. The molecule has 0 aliphatic heterocycles. The van der Waals surface area contributed by atoms with Crippen LogP contribution in [0.1, 0.15) is 35.0 Å². The second-order valence-electron chi connectivity index (χ2n) is 6.37. The van der Waals surface area contributed by atoms with Crippen LogP contribution in [-0.4, -0.2) is 17.1 Å². The van der Waals surface area contributed by atoms with Crippen LogP contribution in [0.5, 0.6) is 0 Å². The average Bonchev–Trinajstić information content (AvgIpc) is 3.40. The Bertz CT molecular complexity index is 947. The van der Waals surface area contributed by atoms with Gasteiger partial charge in [0, 0.05) is 29.0 Å². The minimum Gasteiger partial charge on any atom is -0.360 e. The molecule has 7 nitrogen and oxygen atoms in total. The van der Waals surface area contributed by atoms with E-state index in [1.165, 1.54) is 0 Å². The number of aromatic nitrogens is 1. The number of anilines is 3. The molecular weight excluding hydrogens is 344 g/mol. The molecular formula is C20H18N4O3. The first-order chi connectivity index (χ1) is 13.2. The first kappa shape index (κ1) is 16.8. The third-order valence-electron chi connectivity index (χ3n) is 4.17. The number of para-hydroxylation sites is 1. The van der Waals surface area contributed by atoms with Crippen LogP contribution in [0, 0.1) is 0 Å². The standard InChI is InChI=1S/C20H18N4O3/c25-19(17-12-18(27-24-17)13-6-7-13)21-15-8-10-16(11-9-15)23-20(26)22-14-4-2-1-3-5-14/h1-5,8-13H,6-7H2,(H,21,25)(H2,22,23,26). The molecule has 1 heterocycles. The maximum atomic E-state index is 12.2. The van der Waals surface area contributed by atoms with Crippen molar-refractivity contribution in [2.45, 2.75) is 18.8 Å². The van der Waals surface area contributed by atoms with Gasteiger partial charge in [-0.3, -0.25) is 4.79 Å². The van der Waals surface area contributed by atoms with Crippen LogP contribution in [-0.2, 0) is 0 Å². The smallest absolute Gasteiger partial charge is 0.323 e. The highest BCUT2D eigenvalue weighted by Gasteiger charge is 2.28. The van der Waals surface area contributed by atoms with Gasteiger partial charge in [0.25, 0.3) is 5.91 Å². The zero-order valence-corrected chi connectivity index (χ0v) is 14.4. The predicted molar refractivity (Wildman–Crippen MR) is 102 cm³/mol. The van der Waals surface area contributed by atoms with Gasteiger partial charge in [-0.15, -0.1) is 0 Å². The summed E-state index contributed by atoms with van der Waals surface area (Å²) in [6, 6.07) is 17.3. The maximum Gasteiger partial charge on any atom is 0.323 e. The van der Waals surface area contributed by atoms with Gasteiger partial charge in [-0.1, -0.05) is 23.4 Å². The van der Waals surface area contributed by atoms with Crippen LogP contribution in [0.25, 0.3) is 0 Å². The fraction of sp³-hybridized carbons (Fsp3) is 0.150. The lowest BCUT2D eigenvalue weighted by atomic mass is 10.2. The van der Waals surface area contributed by atoms with E-state index >= 15 is 0 Å². The zero-order chi connectivity index (χ0) is 18.6. The van der Waals surface area contributed by atoms with E-state index in [4.69, 9.17) is 4.52 Å².